The summed E-state index contributed by atoms with van der Waals surface area (Å²) < 4.78 is 5.45. The summed E-state index contributed by atoms with van der Waals surface area (Å²) in [6.07, 6.45) is 9.28. The third kappa shape index (κ3) is 7.24. The van der Waals surface area contributed by atoms with E-state index in [0.717, 1.165) is 5.04 Å². The van der Waals surface area contributed by atoms with Crippen LogP contribution in [-0.2, 0) is 19.1 Å². The van der Waals surface area contributed by atoms with Crippen molar-refractivity contribution in [2.45, 2.75) is 57.4 Å². The standard InChI is InChI=1S/C26H36N4O4S/c1-5-23(32)28-14-19(17-8-10-34-11-9-17)25(27)26(33)21(29-16(4)31)13-24-30-20-7-6-18(15(2)3)12-22(20)35-24/h5-7,12,15,17,19-22,27H,1,8-11,13-14H2,2-4H3,(H,28,32)(H,29,31)/t19-,20?,21+,22?/m1/s1. The zero-order valence-corrected chi connectivity index (χ0v) is 21.5. The highest BCUT2D eigenvalue weighted by Gasteiger charge is 2.37. The highest BCUT2D eigenvalue weighted by Crippen LogP contribution is 2.36. The summed E-state index contributed by atoms with van der Waals surface area (Å²) in [5.41, 5.74) is 1.19. The van der Waals surface area contributed by atoms with Crippen molar-refractivity contribution in [1.29, 1.82) is 5.41 Å². The fourth-order valence-corrected chi connectivity index (χ4v) is 5.90. The minimum Gasteiger partial charge on any atom is -0.381 e. The summed E-state index contributed by atoms with van der Waals surface area (Å²) in [5.74, 6) is -1.11. The van der Waals surface area contributed by atoms with Gasteiger partial charge in [-0.15, -0.1) is 11.8 Å². The molecule has 1 fully saturated rings. The summed E-state index contributed by atoms with van der Waals surface area (Å²) in [4.78, 5) is 42.1. The number of fused-ring (bicyclic) bond motifs is 1. The molecule has 35 heavy (non-hydrogen) atoms. The van der Waals surface area contributed by atoms with E-state index in [1.54, 1.807) is 11.8 Å². The van der Waals surface area contributed by atoms with E-state index in [2.05, 4.69) is 49.3 Å². The minimum atomic E-state index is -0.874. The highest BCUT2D eigenvalue weighted by molar-refractivity contribution is 8.14. The largest absolute Gasteiger partial charge is 0.381 e. The summed E-state index contributed by atoms with van der Waals surface area (Å²) >= 11 is 1.62. The second kappa shape index (κ2) is 12.4. The van der Waals surface area contributed by atoms with Crippen LogP contribution in [0.25, 0.3) is 0 Å². The topological polar surface area (TPSA) is 121 Å². The molecule has 0 spiro atoms. The molecule has 3 aliphatic rings. The first-order valence-electron chi connectivity index (χ1n) is 12.2. The summed E-state index contributed by atoms with van der Waals surface area (Å²) in [5, 5.41) is 15.3. The third-order valence-electron chi connectivity index (χ3n) is 6.64. The number of hydrogen-bond donors (Lipinski definition) is 3. The number of nitrogens with zero attached hydrogens (tertiary/aromatic N) is 1. The van der Waals surface area contributed by atoms with Gasteiger partial charge in [-0.1, -0.05) is 38.7 Å². The highest BCUT2D eigenvalue weighted by atomic mass is 32.2. The van der Waals surface area contributed by atoms with Gasteiger partial charge in [0, 0.05) is 39.0 Å². The first-order valence-corrected chi connectivity index (χ1v) is 13.1. The van der Waals surface area contributed by atoms with Gasteiger partial charge in [0.25, 0.3) is 0 Å². The van der Waals surface area contributed by atoms with Crippen molar-refractivity contribution in [3.8, 4) is 0 Å². The number of carbonyl (C=O) groups is 3. The van der Waals surface area contributed by atoms with Gasteiger partial charge < -0.3 is 20.8 Å². The summed E-state index contributed by atoms with van der Waals surface area (Å²) in [6, 6.07) is -0.851. The Labute approximate surface area is 211 Å². The van der Waals surface area contributed by atoms with Gasteiger partial charge in [0.05, 0.1) is 28.1 Å². The Balaban J connectivity index is 1.74. The average molecular weight is 501 g/mol. The van der Waals surface area contributed by atoms with Crippen molar-refractivity contribution in [3.63, 3.8) is 0 Å². The molecule has 2 aliphatic heterocycles. The number of carbonyl (C=O) groups excluding carboxylic acids is 3. The molecule has 0 aromatic heterocycles. The Morgan fingerprint density at radius 1 is 1.31 bits per heavy atom. The van der Waals surface area contributed by atoms with Gasteiger partial charge in [-0.25, -0.2) is 0 Å². The van der Waals surface area contributed by atoms with Crippen molar-refractivity contribution in [3.05, 3.63) is 36.5 Å². The Hall–Kier alpha value is -2.52. The van der Waals surface area contributed by atoms with Crippen LogP contribution in [0.5, 0.6) is 0 Å². The zero-order valence-electron chi connectivity index (χ0n) is 20.7. The van der Waals surface area contributed by atoms with Crippen LogP contribution in [0.15, 0.2) is 41.4 Å². The SMILES string of the molecule is C=CC(=O)NC[C@@H](C(=N)C(=O)[C@H](CC1=NC2C=CC(C(C)C)=CC2S1)NC(C)=O)C1CCOCC1. The van der Waals surface area contributed by atoms with E-state index in [4.69, 9.17) is 15.1 Å². The lowest BCUT2D eigenvalue weighted by atomic mass is 9.80. The summed E-state index contributed by atoms with van der Waals surface area (Å²) in [7, 11) is 0. The normalized spacial score (nSPS) is 23.5. The Morgan fingerprint density at radius 3 is 2.66 bits per heavy atom. The molecule has 3 N–H and O–H groups in total. The molecule has 2 heterocycles. The molecule has 8 nitrogen and oxygen atoms in total. The van der Waals surface area contributed by atoms with Crippen LogP contribution < -0.4 is 10.6 Å². The van der Waals surface area contributed by atoms with Crippen molar-refractivity contribution < 1.29 is 19.1 Å². The quantitative estimate of drug-likeness (QED) is 0.298. The van der Waals surface area contributed by atoms with E-state index in [1.165, 1.54) is 18.6 Å². The lowest BCUT2D eigenvalue weighted by molar-refractivity contribution is -0.123. The maximum atomic E-state index is 13.5. The molecular formula is C26H36N4O4S. The number of ether oxygens (including phenoxy) is 1. The van der Waals surface area contributed by atoms with Gasteiger partial charge in [0.15, 0.2) is 5.78 Å². The number of Topliss-reactive ketones (excluding diaryl/α,β-unsaturated/α-hetero) is 1. The Morgan fingerprint density at radius 2 is 2.03 bits per heavy atom. The number of nitrogens with one attached hydrogen (secondary N) is 3. The van der Waals surface area contributed by atoms with Gasteiger partial charge in [0.1, 0.15) is 0 Å². The second-order valence-corrected chi connectivity index (χ2v) is 10.8. The Bertz CT molecular complexity index is 949. The molecule has 0 bridgehead atoms. The fraction of sp³-hybridized carbons (Fsp3) is 0.577. The molecule has 0 aromatic rings. The van der Waals surface area contributed by atoms with Crippen molar-refractivity contribution in [1.82, 2.24) is 10.6 Å². The lowest BCUT2D eigenvalue weighted by Crippen LogP contribution is -2.49. The van der Waals surface area contributed by atoms with Crippen LogP contribution >= 0.6 is 11.8 Å². The second-order valence-electron chi connectivity index (χ2n) is 9.52. The molecule has 190 valence electrons. The van der Waals surface area contributed by atoms with Crippen LogP contribution in [0.2, 0.25) is 0 Å². The third-order valence-corrected chi connectivity index (χ3v) is 7.87. The molecule has 9 heteroatoms. The number of allylic oxidation sites excluding steroid dienone is 2. The van der Waals surface area contributed by atoms with E-state index >= 15 is 0 Å². The number of thioether (sulfide) groups is 1. The predicted octanol–water partition coefficient (Wildman–Crippen LogP) is 2.85. The molecule has 3 rings (SSSR count). The number of rotatable bonds is 11. The predicted molar refractivity (Wildman–Crippen MR) is 140 cm³/mol. The number of amides is 2. The zero-order chi connectivity index (χ0) is 25.5. The summed E-state index contributed by atoms with van der Waals surface area (Å²) in [6.45, 7) is 10.4. The minimum absolute atomic E-state index is 0.0223. The van der Waals surface area contributed by atoms with Gasteiger partial charge >= 0.3 is 0 Å². The smallest absolute Gasteiger partial charge is 0.243 e. The van der Waals surface area contributed by atoms with Crippen LogP contribution in [0.4, 0.5) is 0 Å². The van der Waals surface area contributed by atoms with Crippen LogP contribution in [0.1, 0.15) is 40.0 Å². The molecule has 1 saturated heterocycles. The Kier molecular flexibility index (Phi) is 9.63. The van der Waals surface area contributed by atoms with E-state index in [1.807, 2.05) is 0 Å². The average Bonchev–Trinajstić information content (AvgIpc) is 3.24. The molecule has 0 aromatic carbocycles. The number of hydrogen-bond acceptors (Lipinski definition) is 7. The van der Waals surface area contributed by atoms with E-state index < -0.39 is 17.7 Å². The number of ketones is 1. The lowest BCUT2D eigenvalue weighted by Gasteiger charge is -2.31. The molecule has 1 aliphatic carbocycles. The number of aliphatic imine (C=N–C) groups is 1. The monoisotopic (exact) mass is 500 g/mol. The van der Waals surface area contributed by atoms with Crippen LogP contribution in [-0.4, -0.2) is 65.4 Å². The molecule has 2 unspecified atom stereocenters. The van der Waals surface area contributed by atoms with Gasteiger partial charge in [0.2, 0.25) is 11.8 Å². The first-order chi connectivity index (χ1) is 16.7. The van der Waals surface area contributed by atoms with E-state index in [9.17, 15) is 14.4 Å². The van der Waals surface area contributed by atoms with E-state index in [-0.39, 0.29) is 47.7 Å². The van der Waals surface area contributed by atoms with Crippen LogP contribution in [0, 0.1) is 23.2 Å². The molecule has 0 saturated carbocycles. The van der Waals surface area contributed by atoms with E-state index in [0.29, 0.717) is 32.0 Å². The maximum absolute atomic E-state index is 13.5. The fourth-order valence-electron chi connectivity index (χ4n) is 4.63. The molecule has 2 amide bonds. The van der Waals surface area contributed by atoms with Gasteiger partial charge in [-0.05, 0) is 36.3 Å². The van der Waals surface area contributed by atoms with Crippen molar-refractivity contribution in [2.24, 2.45) is 22.7 Å². The van der Waals surface area contributed by atoms with Crippen LogP contribution in [0.3, 0.4) is 0 Å². The van der Waals surface area contributed by atoms with Gasteiger partial charge in [-0.2, -0.15) is 0 Å². The molecule has 4 atom stereocenters. The van der Waals surface area contributed by atoms with Crippen molar-refractivity contribution in [2.75, 3.05) is 19.8 Å². The van der Waals surface area contributed by atoms with Gasteiger partial charge in [-0.3, -0.25) is 19.4 Å². The maximum Gasteiger partial charge on any atom is 0.243 e. The molecular weight excluding hydrogens is 464 g/mol. The molecule has 0 radical (unpaired) electrons. The van der Waals surface area contributed by atoms with Crippen molar-refractivity contribution >= 4 is 40.1 Å². The first kappa shape index (κ1) is 27.1.